The monoisotopic (exact) mass is 643 g/mol. The molecule has 232 valence electrons. The summed E-state index contributed by atoms with van der Waals surface area (Å²) in [7, 11) is 4.29. The highest BCUT2D eigenvalue weighted by Crippen LogP contribution is 2.56. The number of hydrogen-bond donors (Lipinski definition) is 1. The standard InChI is InChI=1S/C33H33Cl2F2N3O4/c1-32(2,3)16-26-33(17-38,21-12-11-19(34)15-23(21)36)27(20-8-7-9-22(35)28(20)37)29(40(26)4)30(41)39-24-13-10-18(31(42)44-6)14-25(24)43-5/h7-15,26-27,29H,16H2,1-6H3,(H,39,41)/t26-,27-,29+,33-/m0/s1. The van der Waals surface area contributed by atoms with Crippen molar-refractivity contribution in [3.63, 3.8) is 0 Å². The van der Waals surface area contributed by atoms with Gasteiger partial charge in [0, 0.05) is 22.5 Å². The van der Waals surface area contributed by atoms with Crippen molar-refractivity contribution in [2.45, 2.75) is 50.6 Å². The van der Waals surface area contributed by atoms with E-state index in [0.717, 1.165) is 6.07 Å². The van der Waals surface area contributed by atoms with Crippen LogP contribution in [-0.2, 0) is 14.9 Å². The second kappa shape index (κ2) is 12.7. The van der Waals surface area contributed by atoms with E-state index in [2.05, 4.69) is 11.4 Å². The number of esters is 1. The lowest BCUT2D eigenvalue weighted by Gasteiger charge is -2.38. The normalized spacial score (nSPS) is 21.9. The lowest BCUT2D eigenvalue weighted by atomic mass is 9.62. The van der Waals surface area contributed by atoms with Gasteiger partial charge in [0.15, 0.2) is 0 Å². The van der Waals surface area contributed by atoms with E-state index in [9.17, 15) is 14.9 Å². The van der Waals surface area contributed by atoms with Crippen LogP contribution in [0.3, 0.4) is 0 Å². The van der Waals surface area contributed by atoms with Crippen LogP contribution in [0.1, 0.15) is 54.6 Å². The van der Waals surface area contributed by atoms with Crippen LogP contribution in [0, 0.1) is 28.4 Å². The maximum atomic E-state index is 16.0. The molecule has 4 rings (SSSR count). The molecule has 3 aromatic rings. The largest absolute Gasteiger partial charge is 0.495 e. The Morgan fingerprint density at radius 3 is 2.39 bits per heavy atom. The third kappa shape index (κ3) is 5.99. The van der Waals surface area contributed by atoms with Gasteiger partial charge in [-0.1, -0.05) is 62.2 Å². The summed E-state index contributed by atoms with van der Waals surface area (Å²) in [6, 6.07) is 13.1. The third-order valence-corrected chi connectivity index (χ3v) is 8.62. The minimum atomic E-state index is -1.76. The van der Waals surface area contributed by atoms with E-state index in [1.165, 1.54) is 62.8 Å². The highest BCUT2D eigenvalue weighted by molar-refractivity contribution is 6.31. The fourth-order valence-electron chi connectivity index (χ4n) is 6.23. The zero-order valence-electron chi connectivity index (χ0n) is 25.2. The first kappa shape index (κ1) is 33.2. The van der Waals surface area contributed by atoms with E-state index in [0.29, 0.717) is 6.42 Å². The Balaban J connectivity index is 1.98. The van der Waals surface area contributed by atoms with Crippen LogP contribution in [0.25, 0.3) is 0 Å². The summed E-state index contributed by atoms with van der Waals surface area (Å²) in [5.74, 6) is -3.81. The number of nitrogens with zero attached hydrogens (tertiary/aromatic N) is 2. The molecule has 0 spiro atoms. The van der Waals surface area contributed by atoms with Crippen molar-refractivity contribution >= 4 is 40.8 Å². The van der Waals surface area contributed by atoms with Gasteiger partial charge in [-0.3, -0.25) is 9.69 Å². The van der Waals surface area contributed by atoms with E-state index >= 15 is 8.78 Å². The number of amides is 1. The van der Waals surface area contributed by atoms with Gasteiger partial charge in [-0.2, -0.15) is 5.26 Å². The lowest BCUT2D eigenvalue weighted by Crippen LogP contribution is -2.45. The summed E-state index contributed by atoms with van der Waals surface area (Å²) in [4.78, 5) is 28.1. The lowest BCUT2D eigenvalue weighted by molar-refractivity contribution is -0.120. The number of rotatable bonds is 7. The number of methoxy groups -OCH3 is 2. The Labute approximate surface area is 265 Å². The van der Waals surface area contributed by atoms with Gasteiger partial charge in [0.2, 0.25) is 5.91 Å². The van der Waals surface area contributed by atoms with Gasteiger partial charge >= 0.3 is 5.97 Å². The molecule has 1 aliphatic heterocycles. The fourth-order valence-corrected chi connectivity index (χ4v) is 6.57. The van der Waals surface area contributed by atoms with Gasteiger partial charge in [0.1, 0.15) is 22.8 Å². The molecule has 0 aliphatic carbocycles. The number of halogens is 4. The van der Waals surface area contributed by atoms with E-state index in [1.807, 2.05) is 20.8 Å². The molecule has 0 aromatic heterocycles. The zero-order valence-corrected chi connectivity index (χ0v) is 26.7. The first-order valence-corrected chi connectivity index (χ1v) is 14.6. The molecule has 1 N–H and O–H groups in total. The second-order valence-corrected chi connectivity index (χ2v) is 12.9. The average molecular weight is 645 g/mol. The van der Waals surface area contributed by atoms with E-state index in [4.69, 9.17) is 32.7 Å². The molecular formula is C33H33Cl2F2N3O4. The molecular weight excluding hydrogens is 611 g/mol. The second-order valence-electron chi connectivity index (χ2n) is 12.0. The predicted molar refractivity (Wildman–Crippen MR) is 165 cm³/mol. The maximum absolute atomic E-state index is 16.0. The molecule has 11 heteroatoms. The van der Waals surface area contributed by atoms with Gasteiger partial charge in [-0.15, -0.1) is 0 Å². The highest BCUT2D eigenvalue weighted by Gasteiger charge is 2.63. The molecule has 1 heterocycles. The first-order valence-electron chi connectivity index (χ1n) is 13.8. The molecule has 1 fully saturated rings. The Hall–Kier alpha value is -3.71. The van der Waals surface area contributed by atoms with Gasteiger partial charge in [0.25, 0.3) is 0 Å². The Kier molecular flexibility index (Phi) is 9.60. The van der Waals surface area contributed by atoms with Crippen LogP contribution in [-0.4, -0.2) is 50.1 Å². The highest BCUT2D eigenvalue weighted by atomic mass is 35.5. The van der Waals surface area contributed by atoms with Crippen molar-refractivity contribution in [1.29, 1.82) is 5.26 Å². The average Bonchev–Trinajstić information content (AvgIpc) is 3.20. The minimum absolute atomic E-state index is 0.00909. The van der Waals surface area contributed by atoms with Gasteiger partial charge in [-0.25, -0.2) is 13.6 Å². The summed E-state index contributed by atoms with van der Waals surface area (Å²) in [6.45, 7) is 5.91. The topological polar surface area (TPSA) is 91.7 Å². The Bertz CT molecular complexity index is 1640. The number of benzene rings is 3. The smallest absolute Gasteiger partial charge is 0.337 e. The number of likely N-dealkylation sites (N-methyl/N-ethyl adjacent to an activating group) is 1. The van der Waals surface area contributed by atoms with Gasteiger partial charge < -0.3 is 14.8 Å². The number of anilines is 1. The van der Waals surface area contributed by atoms with Crippen LogP contribution < -0.4 is 10.1 Å². The molecule has 1 amide bonds. The summed E-state index contributed by atoms with van der Waals surface area (Å²) < 4.78 is 42.1. The van der Waals surface area contributed by atoms with Crippen LogP contribution in [0.2, 0.25) is 10.0 Å². The number of carbonyl (C=O) groups excluding carboxylic acids is 2. The maximum Gasteiger partial charge on any atom is 0.337 e. The Morgan fingerprint density at radius 1 is 1.09 bits per heavy atom. The van der Waals surface area contributed by atoms with Crippen molar-refractivity contribution in [3.8, 4) is 11.8 Å². The zero-order chi connectivity index (χ0) is 32.6. The van der Waals surface area contributed by atoms with E-state index in [1.54, 1.807) is 11.9 Å². The van der Waals surface area contributed by atoms with Crippen LogP contribution in [0.5, 0.6) is 5.75 Å². The number of carbonyl (C=O) groups is 2. The number of ether oxygens (including phenoxy) is 2. The van der Waals surface area contributed by atoms with Crippen molar-refractivity contribution in [2.24, 2.45) is 5.41 Å². The van der Waals surface area contributed by atoms with Crippen LogP contribution in [0.4, 0.5) is 14.5 Å². The van der Waals surface area contributed by atoms with Crippen LogP contribution in [0.15, 0.2) is 54.6 Å². The molecule has 3 aromatic carbocycles. The molecule has 7 nitrogen and oxygen atoms in total. The number of likely N-dealkylation sites (tertiary alicyclic amines) is 1. The van der Waals surface area contributed by atoms with E-state index < -0.39 is 46.9 Å². The fraction of sp³-hybridized carbons (Fsp3) is 0.364. The quantitative estimate of drug-likeness (QED) is 0.270. The minimum Gasteiger partial charge on any atom is -0.495 e. The molecule has 4 atom stereocenters. The van der Waals surface area contributed by atoms with Crippen LogP contribution >= 0.6 is 23.2 Å². The van der Waals surface area contributed by atoms with Crippen molar-refractivity contribution in [1.82, 2.24) is 4.90 Å². The Morgan fingerprint density at radius 2 is 1.80 bits per heavy atom. The summed E-state index contributed by atoms with van der Waals surface area (Å²) >= 11 is 12.3. The molecule has 0 bridgehead atoms. The van der Waals surface area contributed by atoms with Gasteiger partial charge in [-0.05, 0) is 60.8 Å². The first-order chi connectivity index (χ1) is 20.7. The van der Waals surface area contributed by atoms with Gasteiger partial charge in [0.05, 0.1) is 42.6 Å². The molecule has 0 saturated carbocycles. The molecule has 1 aliphatic rings. The molecule has 44 heavy (non-hydrogen) atoms. The number of hydrogen-bond acceptors (Lipinski definition) is 6. The summed E-state index contributed by atoms with van der Waals surface area (Å²) in [5, 5.41) is 13.8. The van der Waals surface area contributed by atoms with Crippen molar-refractivity contribution in [3.05, 3.63) is 93.0 Å². The SMILES string of the molecule is COC(=O)c1ccc(NC(=O)[C@H]2[C@H](c3cccc(Cl)c3F)[C@@](C#N)(c3ccc(Cl)cc3F)[C@H](CC(C)(C)C)N2C)c(OC)c1. The number of nitrogens with one attached hydrogen (secondary N) is 1. The van der Waals surface area contributed by atoms with Crippen molar-refractivity contribution < 1.29 is 27.8 Å². The van der Waals surface area contributed by atoms with Crippen molar-refractivity contribution in [2.75, 3.05) is 26.6 Å². The third-order valence-electron chi connectivity index (χ3n) is 8.10. The molecule has 0 unspecified atom stereocenters. The molecule has 0 radical (unpaired) electrons. The predicted octanol–water partition coefficient (Wildman–Crippen LogP) is 7.37. The summed E-state index contributed by atoms with van der Waals surface area (Å²) in [5.41, 5.74) is -1.74. The molecule has 1 saturated heterocycles. The number of nitriles is 1. The van der Waals surface area contributed by atoms with E-state index in [-0.39, 0.29) is 43.6 Å². The summed E-state index contributed by atoms with van der Waals surface area (Å²) in [6.07, 6.45) is 0.346.